The van der Waals surface area contributed by atoms with Crippen LogP contribution in [-0.2, 0) is 26.4 Å². The van der Waals surface area contributed by atoms with E-state index >= 15 is 0 Å². The van der Waals surface area contributed by atoms with Gasteiger partial charge in [-0.15, -0.1) is 0 Å². The third-order valence-electron chi connectivity index (χ3n) is 6.08. The van der Waals surface area contributed by atoms with Crippen molar-refractivity contribution >= 4 is 28.4 Å². The fourth-order valence-electron chi connectivity index (χ4n) is 4.38. The van der Waals surface area contributed by atoms with Gasteiger partial charge in [-0.2, -0.15) is 0 Å². The first-order valence-corrected chi connectivity index (χ1v) is 11.3. The Hall–Kier alpha value is -2.57. The molecule has 2 N–H and O–H groups in total. The lowest BCUT2D eigenvalue weighted by Gasteiger charge is -2.15. The molecule has 0 amide bonds. The molecule has 1 aliphatic rings. The third kappa shape index (κ3) is 4.55. The number of Topliss-reactive ketones (excluding diaryl/α,β-unsaturated/α-hetero) is 1. The highest BCUT2D eigenvalue weighted by Gasteiger charge is 2.20. The smallest absolute Gasteiger partial charge is 0.328 e. The summed E-state index contributed by atoms with van der Waals surface area (Å²) < 4.78 is 3.49. The molecule has 0 aliphatic carbocycles. The van der Waals surface area contributed by atoms with Crippen LogP contribution in [0.2, 0.25) is 5.02 Å². The molecule has 0 saturated heterocycles. The second-order valence-corrected chi connectivity index (χ2v) is 8.66. The number of nitrogens with zero attached hydrogens (tertiary/aromatic N) is 2. The number of phenolic OH excluding ortho intramolecular Hbond substituents is 1. The van der Waals surface area contributed by atoms with Gasteiger partial charge < -0.3 is 10.4 Å². The number of carbonyl (C=O) groups is 1. The van der Waals surface area contributed by atoms with Gasteiger partial charge in [0.05, 0.1) is 11.0 Å². The normalized spacial score (nSPS) is 13.1. The molecule has 0 atom stereocenters. The first-order chi connectivity index (χ1) is 15.0. The van der Waals surface area contributed by atoms with E-state index in [1.165, 1.54) is 0 Å². The van der Waals surface area contributed by atoms with Crippen LogP contribution in [0.4, 0.5) is 0 Å². The van der Waals surface area contributed by atoms with Gasteiger partial charge in [-0.3, -0.25) is 13.9 Å². The van der Waals surface area contributed by atoms with Crippen LogP contribution in [0.5, 0.6) is 5.75 Å². The van der Waals surface area contributed by atoms with Crippen LogP contribution >= 0.6 is 11.6 Å². The highest BCUT2D eigenvalue weighted by Crippen LogP contribution is 2.26. The summed E-state index contributed by atoms with van der Waals surface area (Å²) in [6.45, 7) is 2.39. The predicted octanol–water partition coefficient (Wildman–Crippen LogP) is 3.83. The minimum absolute atomic E-state index is 0.000199. The van der Waals surface area contributed by atoms with E-state index in [-0.39, 0.29) is 17.2 Å². The Morgan fingerprint density at radius 3 is 2.84 bits per heavy atom. The molecule has 0 saturated carbocycles. The average molecular weight is 442 g/mol. The van der Waals surface area contributed by atoms with Crippen LogP contribution in [0, 0.1) is 0 Å². The molecule has 2 aromatic carbocycles. The molecule has 3 aromatic rings. The highest BCUT2D eigenvalue weighted by molar-refractivity contribution is 6.31. The van der Waals surface area contributed by atoms with E-state index in [1.54, 1.807) is 23.7 Å². The minimum Gasteiger partial charge on any atom is -0.508 e. The maximum Gasteiger partial charge on any atom is 0.328 e. The lowest BCUT2D eigenvalue weighted by Crippen LogP contribution is -2.24. The minimum atomic E-state index is 0.000199. The van der Waals surface area contributed by atoms with E-state index in [2.05, 4.69) is 5.32 Å². The van der Waals surface area contributed by atoms with Crippen molar-refractivity contribution in [2.24, 2.45) is 7.05 Å². The number of unbranched alkanes of at least 4 members (excludes halogenated alkanes) is 1. The van der Waals surface area contributed by atoms with Crippen LogP contribution in [-0.4, -0.2) is 33.1 Å². The summed E-state index contributed by atoms with van der Waals surface area (Å²) in [4.78, 5) is 25.2. The van der Waals surface area contributed by atoms with Gasteiger partial charge in [0, 0.05) is 30.6 Å². The number of rotatable bonds is 9. The topological polar surface area (TPSA) is 76.3 Å². The Morgan fingerprint density at radius 1 is 1.19 bits per heavy atom. The summed E-state index contributed by atoms with van der Waals surface area (Å²) in [6.07, 6.45) is 4.88. The van der Waals surface area contributed by atoms with Gasteiger partial charge in [0.1, 0.15) is 5.75 Å². The van der Waals surface area contributed by atoms with Gasteiger partial charge in [-0.25, -0.2) is 4.79 Å². The molecule has 0 fully saturated rings. The molecular formula is C24H28ClN3O3. The van der Waals surface area contributed by atoms with E-state index in [4.69, 9.17) is 11.6 Å². The molecule has 6 nitrogen and oxygen atoms in total. The zero-order valence-corrected chi connectivity index (χ0v) is 18.5. The van der Waals surface area contributed by atoms with Crippen LogP contribution in [0.25, 0.3) is 11.0 Å². The summed E-state index contributed by atoms with van der Waals surface area (Å²) in [5.41, 5.74) is 4.68. The molecule has 164 valence electrons. The molecule has 0 bridgehead atoms. The monoisotopic (exact) mass is 441 g/mol. The maximum absolute atomic E-state index is 12.8. The Morgan fingerprint density at radius 2 is 2.03 bits per heavy atom. The molecule has 1 aliphatic heterocycles. The van der Waals surface area contributed by atoms with Gasteiger partial charge in [0.25, 0.3) is 0 Å². The summed E-state index contributed by atoms with van der Waals surface area (Å²) in [5, 5.41) is 13.4. The largest absolute Gasteiger partial charge is 0.508 e. The van der Waals surface area contributed by atoms with E-state index in [9.17, 15) is 14.7 Å². The fourth-order valence-corrected chi connectivity index (χ4v) is 4.65. The van der Waals surface area contributed by atoms with E-state index in [0.29, 0.717) is 17.0 Å². The number of phenols is 1. The number of carbonyl (C=O) groups excluding carboxylic acids is 1. The molecule has 7 heteroatoms. The highest BCUT2D eigenvalue weighted by atomic mass is 35.5. The number of benzene rings is 2. The quantitative estimate of drug-likeness (QED) is 0.391. The van der Waals surface area contributed by atoms with Crippen molar-refractivity contribution in [3.63, 3.8) is 0 Å². The standard InChI is InChI=1S/C24H28ClN3O3/c1-27-21-14-18(13-17-5-4-12-28(23(17)21)24(27)31)22(30)6-2-3-10-26-11-9-16-7-8-19(29)15-20(16)25/h7-8,13-15,26,29H,2-6,9-12H2,1H3. The Balaban J connectivity index is 1.26. The molecule has 4 rings (SSSR count). The van der Waals surface area contributed by atoms with Crippen molar-refractivity contribution in [2.75, 3.05) is 13.1 Å². The van der Waals surface area contributed by atoms with Crippen LogP contribution in [0.3, 0.4) is 0 Å². The lowest BCUT2D eigenvalue weighted by atomic mass is 9.97. The predicted molar refractivity (Wildman–Crippen MR) is 123 cm³/mol. The zero-order valence-electron chi connectivity index (χ0n) is 17.8. The molecular weight excluding hydrogens is 414 g/mol. The van der Waals surface area contributed by atoms with Gasteiger partial charge >= 0.3 is 5.69 Å². The Labute approximate surface area is 186 Å². The van der Waals surface area contributed by atoms with Gasteiger partial charge in [-0.1, -0.05) is 17.7 Å². The molecule has 0 radical (unpaired) electrons. The van der Waals surface area contributed by atoms with Crippen molar-refractivity contribution in [3.8, 4) is 5.75 Å². The van der Waals surface area contributed by atoms with E-state index in [0.717, 1.165) is 73.9 Å². The average Bonchev–Trinajstić information content (AvgIpc) is 3.00. The first kappa shape index (κ1) is 21.7. The second kappa shape index (κ2) is 9.28. The van der Waals surface area contributed by atoms with E-state index in [1.807, 2.05) is 22.8 Å². The van der Waals surface area contributed by atoms with Gasteiger partial charge in [0.2, 0.25) is 0 Å². The number of hydrogen-bond donors (Lipinski definition) is 2. The Kier molecular flexibility index (Phi) is 6.49. The van der Waals surface area contributed by atoms with Gasteiger partial charge in [0.15, 0.2) is 5.78 Å². The first-order valence-electron chi connectivity index (χ1n) is 10.9. The SMILES string of the molecule is Cn1c(=O)n2c3c(cc(C(=O)CCCCNCCc4ccc(O)cc4Cl)cc31)CCC2. The van der Waals surface area contributed by atoms with Crippen molar-refractivity contribution < 1.29 is 9.90 Å². The van der Waals surface area contributed by atoms with Crippen molar-refractivity contribution in [3.05, 3.63) is 62.5 Å². The van der Waals surface area contributed by atoms with Crippen LogP contribution < -0.4 is 11.0 Å². The van der Waals surface area contributed by atoms with Crippen LogP contribution in [0.15, 0.2) is 35.1 Å². The molecule has 2 heterocycles. The zero-order chi connectivity index (χ0) is 22.0. The number of halogens is 1. The van der Waals surface area contributed by atoms with E-state index < -0.39 is 0 Å². The Bertz CT molecular complexity index is 1180. The molecule has 31 heavy (non-hydrogen) atoms. The van der Waals surface area contributed by atoms with Crippen molar-refractivity contribution in [1.29, 1.82) is 0 Å². The summed E-state index contributed by atoms with van der Waals surface area (Å²) in [7, 11) is 1.78. The summed E-state index contributed by atoms with van der Waals surface area (Å²) in [5.74, 6) is 0.314. The number of ketones is 1. The number of aryl methyl sites for hydroxylation is 3. The second-order valence-electron chi connectivity index (χ2n) is 8.26. The number of aromatic nitrogens is 2. The van der Waals surface area contributed by atoms with Crippen molar-refractivity contribution in [2.45, 2.75) is 45.1 Å². The summed E-state index contributed by atoms with van der Waals surface area (Å²) in [6, 6.07) is 8.90. The molecule has 0 spiro atoms. The fraction of sp³-hybridized carbons (Fsp3) is 0.417. The maximum atomic E-state index is 12.8. The number of nitrogens with one attached hydrogen (secondary N) is 1. The number of hydrogen-bond acceptors (Lipinski definition) is 4. The molecule has 1 aromatic heterocycles. The summed E-state index contributed by atoms with van der Waals surface area (Å²) >= 11 is 6.12. The van der Waals surface area contributed by atoms with Crippen LogP contribution in [0.1, 0.15) is 47.2 Å². The number of imidazole rings is 1. The lowest BCUT2D eigenvalue weighted by molar-refractivity contribution is 0.0979. The molecule has 0 unspecified atom stereocenters. The third-order valence-corrected chi connectivity index (χ3v) is 6.43. The number of aromatic hydroxyl groups is 1. The van der Waals surface area contributed by atoms with Gasteiger partial charge in [-0.05, 0) is 80.6 Å². The van der Waals surface area contributed by atoms with Crippen molar-refractivity contribution in [1.82, 2.24) is 14.5 Å².